The molecule has 0 bridgehead atoms. The highest BCUT2D eigenvalue weighted by Crippen LogP contribution is 2.28. The van der Waals surface area contributed by atoms with Crippen LogP contribution in [-0.2, 0) is 0 Å². The summed E-state index contributed by atoms with van der Waals surface area (Å²) in [5, 5.41) is 3.28. The monoisotopic (exact) mass is 257 g/mol. The zero-order chi connectivity index (χ0) is 14.0. The third-order valence-corrected chi connectivity index (χ3v) is 3.06. The van der Waals surface area contributed by atoms with E-state index < -0.39 is 0 Å². The van der Waals surface area contributed by atoms with Crippen LogP contribution in [0.5, 0.6) is 5.75 Å². The smallest absolute Gasteiger partial charge is 0.130 e. The molecule has 0 saturated carbocycles. The lowest BCUT2D eigenvalue weighted by molar-refractivity contribution is 0.408. The molecule has 1 aromatic carbocycles. The predicted molar refractivity (Wildman–Crippen MR) is 79.1 cm³/mol. The van der Waals surface area contributed by atoms with Gasteiger partial charge in [0.25, 0.3) is 0 Å². The van der Waals surface area contributed by atoms with Crippen molar-refractivity contribution in [2.75, 3.05) is 18.2 Å². The number of rotatable bonds is 3. The van der Waals surface area contributed by atoms with Crippen molar-refractivity contribution in [1.29, 1.82) is 0 Å². The SMILES string of the molecule is COc1c(C)cc(Nc2ccc(N)c(C)n2)cc1C. The Labute approximate surface area is 113 Å². The summed E-state index contributed by atoms with van der Waals surface area (Å²) < 4.78 is 5.36. The van der Waals surface area contributed by atoms with E-state index in [0.29, 0.717) is 5.69 Å². The zero-order valence-electron chi connectivity index (χ0n) is 11.7. The Balaban J connectivity index is 2.31. The van der Waals surface area contributed by atoms with Crippen LogP contribution in [0.15, 0.2) is 24.3 Å². The molecule has 3 N–H and O–H groups in total. The number of nitrogen functional groups attached to an aromatic ring is 1. The molecule has 0 saturated heterocycles. The highest BCUT2D eigenvalue weighted by Gasteiger charge is 2.06. The van der Waals surface area contributed by atoms with Crippen LogP contribution in [-0.4, -0.2) is 12.1 Å². The first-order chi connectivity index (χ1) is 9.01. The Kier molecular flexibility index (Phi) is 3.60. The van der Waals surface area contributed by atoms with Gasteiger partial charge in [0.15, 0.2) is 0 Å². The molecule has 0 aliphatic rings. The van der Waals surface area contributed by atoms with Crippen LogP contribution < -0.4 is 15.8 Å². The van der Waals surface area contributed by atoms with Gasteiger partial charge in [-0.05, 0) is 56.2 Å². The van der Waals surface area contributed by atoms with E-state index in [9.17, 15) is 0 Å². The van der Waals surface area contributed by atoms with Gasteiger partial charge in [-0.3, -0.25) is 0 Å². The van der Waals surface area contributed by atoms with Crippen LogP contribution in [0.2, 0.25) is 0 Å². The molecule has 2 aromatic rings. The molecule has 0 aliphatic carbocycles. The number of benzene rings is 1. The van der Waals surface area contributed by atoms with E-state index in [1.54, 1.807) is 7.11 Å². The summed E-state index contributed by atoms with van der Waals surface area (Å²) in [5.74, 6) is 1.71. The number of nitrogens with zero attached hydrogens (tertiary/aromatic N) is 1. The lowest BCUT2D eigenvalue weighted by Crippen LogP contribution is -1.99. The van der Waals surface area contributed by atoms with Crippen LogP contribution in [0.4, 0.5) is 17.2 Å². The average Bonchev–Trinajstić information content (AvgIpc) is 2.33. The van der Waals surface area contributed by atoms with E-state index >= 15 is 0 Å². The second kappa shape index (κ2) is 5.18. The maximum atomic E-state index is 5.76. The van der Waals surface area contributed by atoms with E-state index in [0.717, 1.165) is 34.1 Å². The minimum Gasteiger partial charge on any atom is -0.496 e. The van der Waals surface area contributed by atoms with Gasteiger partial charge < -0.3 is 15.8 Å². The molecule has 1 heterocycles. The molecule has 19 heavy (non-hydrogen) atoms. The molecule has 0 radical (unpaired) electrons. The molecule has 1 aromatic heterocycles. The Morgan fingerprint density at radius 2 is 1.74 bits per heavy atom. The van der Waals surface area contributed by atoms with E-state index in [1.807, 2.05) is 45.0 Å². The largest absolute Gasteiger partial charge is 0.496 e. The first kappa shape index (κ1) is 13.2. The Hall–Kier alpha value is -2.23. The van der Waals surface area contributed by atoms with Gasteiger partial charge in [-0.2, -0.15) is 0 Å². The Bertz CT molecular complexity index is 585. The number of nitrogens with two attached hydrogens (primary N) is 1. The molecule has 0 aliphatic heterocycles. The fourth-order valence-corrected chi connectivity index (χ4v) is 2.13. The molecule has 2 rings (SSSR count). The summed E-state index contributed by atoms with van der Waals surface area (Å²) in [6.07, 6.45) is 0. The number of nitrogens with one attached hydrogen (secondary N) is 1. The van der Waals surface area contributed by atoms with Gasteiger partial charge in [-0.25, -0.2) is 4.98 Å². The summed E-state index contributed by atoms with van der Waals surface area (Å²) in [4.78, 5) is 4.40. The van der Waals surface area contributed by atoms with Crippen LogP contribution in [0, 0.1) is 20.8 Å². The second-order valence-corrected chi connectivity index (χ2v) is 4.64. The standard InChI is InChI=1S/C15H19N3O/c1-9-7-12(8-10(2)15(9)19-4)18-14-6-5-13(16)11(3)17-14/h5-8H,16H2,1-4H3,(H,17,18). The molecule has 0 atom stereocenters. The average molecular weight is 257 g/mol. The molecule has 0 fully saturated rings. The molecule has 100 valence electrons. The lowest BCUT2D eigenvalue weighted by atomic mass is 10.1. The minimum atomic E-state index is 0.702. The molecule has 0 amide bonds. The van der Waals surface area contributed by atoms with E-state index in [2.05, 4.69) is 10.3 Å². The fourth-order valence-electron chi connectivity index (χ4n) is 2.13. The van der Waals surface area contributed by atoms with E-state index in [1.165, 1.54) is 0 Å². The summed E-state index contributed by atoms with van der Waals surface area (Å²) in [6, 6.07) is 7.81. The van der Waals surface area contributed by atoms with Crippen LogP contribution in [0.3, 0.4) is 0 Å². The molecule has 4 heteroatoms. The summed E-state index contributed by atoms with van der Waals surface area (Å²) in [6.45, 7) is 5.95. The topological polar surface area (TPSA) is 60.2 Å². The number of ether oxygens (including phenoxy) is 1. The number of aromatic nitrogens is 1. The van der Waals surface area contributed by atoms with Gasteiger partial charge in [-0.1, -0.05) is 0 Å². The third kappa shape index (κ3) is 2.78. The highest BCUT2D eigenvalue weighted by atomic mass is 16.5. The number of methoxy groups -OCH3 is 1. The van der Waals surface area contributed by atoms with Crippen molar-refractivity contribution in [3.8, 4) is 5.75 Å². The fraction of sp³-hybridized carbons (Fsp3) is 0.267. The van der Waals surface area contributed by atoms with Gasteiger partial charge in [0.05, 0.1) is 18.5 Å². The van der Waals surface area contributed by atoms with Crippen molar-refractivity contribution >= 4 is 17.2 Å². The number of aryl methyl sites for hydroxylation is 3. The summed E-state index contributed by atoms with van der Waals surface area (Å²) >= 11 is 0. The first-order valence-electron chi connectivity index (χ1n) is 6.16. The van der Waals surface area contributed by atoms with Crippen molar-refractivity contribution in [2.45, 2.75) is 20.8 Å². The van der Waals surface area contributed by atoms with E-state index in [4.69, 9.17) is 10.5 Å². The van der Waals surface area contributed by atoms with Gasteiger partial charge >= 0.3 is 0 Å². The quantitative estimate of drug-likeness (QED) is 0.885. The summed E-state index contributed by atoms with van der Waals surface area (Å²) in [5.41, 5.74) is 10.5. The Morgan fingerprint density at radius 1 is 1.11 bits per heavy atom. The van der Waals surface area contributed by atoms with Crippen LogP contribution in [0.1, 0.15) is 16.8 Å². The van der Waals surface area contributed by atoms with Crippen LogP contribution in [0.25, 0.3) is 0 Å². The number of anilines is 3. The molecular formula is C15H19N3O. The van der Waals surface area contributed by atoms with Crippen LogP contribution >= 0.6 is 0 Å². The van der Waals surface area contributed by atoms with Crippen molar-refractivity contribution in [2.24, 2.45) is 0 Å². The predicted octanol–water partition coefficient (Wildman–Crippen LogP) is 3.34. The number of pyridine rings is 1. The second-order valence-electron chi connectivity index (χ2n) is 4.64. The van der Waals surface area contributed by atoms with Crippen molar-refractivity contribution < 1.29 is 4.74 Å². The first-order valence-corrected chi connectivity index (χ1v) is 6.16. The van der Waals surface area contributed by atoms with Gasteiger partial charge in [0.1, 0.15) is 11.6 Å². The Morgan fingerprint density at radius 3 is 2.26 bits per heavy atom. The number of hydrogen-bond donors (Lipinski definition) is 2. The van der Waals surface area contributed by atoms with Crippen molar-refractivity contribution in [3.63, 3.8) is 0 Å². The van der Waals surface area contributed by atoms with Gasteiger partial charge in [-0.15, -0.1) is 0 Å². The lowest BCUT2D eigenvalue weighted by Gasteiger charge is -2.13. The van der Waals surface area contributed by atoms with Gasteiger partial charge in [0.2, 0.25) is 0 Å². The van der Waals surface area contributed by atoms with Gasteiger partial charge in [0, 0.05) is 5.69 Å². The highest BCUT2D eigenvalue weighted by molar-refractivity contribution is 5.63. The molecule has 0 spiro atoms. The minimum absolute atomic E-state index is 0.702. The molecule has 0 unspecified atom stereocenters. The van der Waals surface area contributed by atoms with Crippen molar-refractivity contribution in [3.05, 3.63) is 41.1 Å². The maximum Gasteiger partial charge on any atom is 0.130 e. The van der Waals surface area contributed by atoms with Crippen molar-refractivity contribution in [1.82, 2.24) is 4.98 Å². The molecular weight excluding hydrogens is 238 g/mol. The number of hydrogen-bond acceptors (Lipinski definition) is 4. The molecule has 4 nitrogen and oxygen atoms in total. The third-order valence-electron chi connectivity index (χ3n) is 3.06. The maximum absolute atomic E-state index is 5.76. The summed E-state index contributed by atoms with van der Waals surface area (Å²) in [7, 11) is 1.69. The van der Waals surface area contributed by atoms with E-state index in [-0.39, 0.29) is 0 Å². The zero-order valence-corrected chi connectivity index (χ0v) is 11.7. The normalized spacial score (nSPS) is 10.3.